The number of pyridine rings is 1. The Balaban J connectivity index is 1.72. The highest BCUT2D eigenvalue weighted by molar-refractivity contribution is 7.92. The molecule has 1 N–H and O–H groups in total. The molecule has 0 saturated carbocycles. The van der Waals surface area contributed by atoms with Gasteiger partial charge >= 0.3 is 0 Å². The van der Waals surface area contributed by atoms with Gasteiger partial charge in [-0.3, -0.25) is 4.72 Å². The molecule has 1 saturated heterocycles. The van der Waals surface area contributed by atoms with E-state index in [2.05, 4.69) is 35.4 Å². The Bertz CT molecular complexity index is 835. The van der Waals surface area contributed by atoms with Crippen LogP contribution in [0.15, 0.2) is 47.5 Å². The lowest BCUT2D eigenvalue weighted by Crippen LogP contribution is -2.36. The zero-order valence-electron chi connectivity index (χ0n) is 15.4. The highest BCUT2D eigenvalue weighted by Gasteiger charge is 2.18. The fraction of sp³-hybridized carbons (Fsp3) is 0.421. The highest BCUT2D eigenvalue weighted by atomic mass is 32.2. The summed E-state index contributed by atoms with van der Waals surface area (Å²) in [6.45, 7) is 9.29. The van der Waals surface area contributed by atoms with Crippen molar-refractivity contribution >= 4 is 21.5 Å². The van der Waals surface area contributed by atoms with E-state index < -0.39 is 10.0 Å². The van der Waals surface area contributed by atoms with Crippen molar-refractivity contribution in [1.82, 2.24) is 4.98 Å². The quantitative estimate of drug-likeness (QED) is 0.889. The Labute approximate surface area is 155 Å². The van der Waals surface area contributed by atoms with Gasteiger partial charge < -0.3 is 9.64 Å². The summed E-state index contributed by atoms with van der Waals surface area (Å²) in [5, 5.41) is 0. The minimum Gasteiger partial charge on any atom is -0.378 e. The molecule has 3 rings (SSSR count). The Morgan fingerprint density at radius 1 is 1.04 bits per heavy atom. The molecule has 1 aromatic heterocycles. The maximum Gasteiger partial charge on any atom is 0.263 e. The van der Waals surface area contributed by atoms with Crippen molar-refractivity contribution in [3.8, 4) is 0 Å². The summed E-state index contributed by atoms with van der Waals surface area (Å²) in [6, 6.07) is 10.5. The van der Waals surface area contributed by atoms with Gasteiger partial charge in [-0.25, -0.2) is 13.4 Å². The topological polar surface area (TPSA) is 71.5 Å². The molecule has 26 heavy (non-hydrogen) atoms. The predicted molar refractivity (Wildman–Crippen MR) is 103 cm³/mol. The Morgan fingerprint density at radius 3 is 2.23 bits per heavy atom. The smallest absolute Gasteiger partial charge is 0.263 e. The number of rotatable bonds is 4. The molecule has 2 heterocycles. The van der Waals surface area contributed by atoms with E-state index in [0.717, 1.165) is 24.3 Å². The number of hydrogen-bond acceptors (Lipinski definition) is 5. The third-order valence-corrected chi connectivity index (χ3v) is 5.76. The van der Waals surface area contributed by atoms with Crippen LogP contribution in [0.2, 0.25) is 0 Å². The fourth-order valence-corrected chi connectivity index (χ4v) is 3.79. The number of sulfonamides is 1. The maximum absolute atomic E-state index is 12.6. The van der Waals surface area contributed by atoms with Crippen LogP contribution in [0, 0.1) is 0 Å². The van der Waals surface area contributed by atoms with E-state index >= 15 is 0 Å². The monoisotopic (exact) mass is 375 g/mol. The number of nitrogens with one attached hydrogen (secondary N) is 1. The number of ether oxygens (including phenoxy) is 1. The lowest BCUT2D eigenvalue weighted by Gasteiger charge is -2.28. The second kappa shape index (κ2) is 7.25. The summed E-state index contributed by atoms with van der Waals surface area (Å²) in [4.78, 5) is 6.64. The molecule has 0 unspecified atom stereocenters. The average Bonchev–Trinajstić information content (AvgIpc) is 2.62. The molecule has 0 spiro atoms. The molecule has 0 atom stereocenters. The van der Waals surface area contributed by atoms with Crippen molar-refractivity contribution in [1.29, 1.82) is 0 Å². The van der Waals surface area contributed by atoms with Crippen molar-refractivity contribution in [2.45, 2.75) is 31.1 Å². The molecule has 2 aromatic rings. The van der Waals surface area contributed by atoms with Crippen LogP contribution in [0.5, 0.6) is 0 Å². The Kier molecular flexibility index (Phi) is 5.20. The molecule has 7 heteroatoms. The van der Waals surface area contributed by atoms with Crippen LogP contribution in [0.1, 0.15) is 26.3 Å². The average molecular weight is 375 g/mol. The Morgan fingerprint density at radius 2 is 1.69 bits per heavy atom. The van der Waals surface area contributed by atoms with Crippen LogP contribution >= 0.6 is 0 Å². The molecule has 1 aliphatic rings. The van der Waals surface area contributed by atoms with Gasteiger partial charge in [-0.2, -0.15) is 0 Å². The normalized spacial score (nSPS) is 15.7. The van der Waals surface area contributed by atoms with E-state index in [9.17, 15) is 8.42 Å². The molecular formula is C19H25N3O3S. The largest absolute Gasteiger partial charge is 0.378 e. The van der Waals surface area contributed by atoms with Gasteiger partial charge in [-0.15, -0.1) is 0 Å². The van der Waals surface area contributed by atoms with E-state index in [-0.39, 0.29) is 10.3 Å². The zero-order valence-corrected chi connectivity index (χ0v) is 16.2. The second-order valence-corrected chi connectivity index (χ2v) is 9.06. The summed E-state index contributed by atoms with van der Waals surface area (Å²) in [6.07, 6.45) is 1.69. The molecule has 0 bridgehead atoms. The maximum atomic E-state index is 12.6. The number of nitrogens with zero attached hydrogens (tertiary/aromatic N) is 2. The van der Waals surface area contributed by atoms with Crippen molar-refractivity contribution in [3.05, 3.63) is 48.2 Å². The van der Waals surface area contributed by atoms with Gasteiger partial charge in [-0.05, 0) is 35.2 Å². The molecule has 6 nitrogen and oxygen atoms in total. The summed E-state index contributed by atoms with van der Waals surface area (Å²) in [7, 11) is -3.66. The lowest BCUT2D eigenvalue weighted by atomic mass is 9.87. The van der Waals surface area contributed by atoms with Crippen LogP contribution in [-0.2, 0) is 20.2 Å². The van der Waals surface area contributed by atoms with Crippen LogP contribution in [0.25, 0.3) is 0 Å². The van der Waals surface area contributed by atoms with E-state index in [0.29, 0.717) is 19.0 Å². The standard InChI is InChI=1S/C19H25N3O3S/c1-19(2,3)15-4-7-17(8-5-15)26(23,24)21-18-9-6-16(14-20-18)22-10-12-25-13-11-22/h4-9,14H,10-13H2,1-3H3,(H,20,21). The van der Waals surface area contributed by atoms with Gasteiger partial charge in [-0.1, -0.05) is 32.9 Å². The minimum atomic E-state index is -3.66. The first-order valence-corrected chi connectivity index (χ1v) is 10.2. The SMILES string of the molecule is CC(C)(C)c1ccc(S(=O)(=O)Nc2ccc(N3CCOCC3)cn2)cc1. The number of anilines is 2. The molecule has 1 aliphatic heterocycles. The summed E-state index contributed by atoms with van der Waals surface area (Å²) < 4.78 is 33.0. The minimum absolute atomic E-state index is 0.0212. The van der Waals surface area contributed by atoms with Crippen LogP contribution < -0.4 is 9.62 Å². The third-order valence-electron chi connectivity index (χ3n) is 4.39. The molecule has 140 valence electrons. The van der Waals surface area contributed by atoms with Crippen molar-refractivity contribution < 1.29 is 13.2 Å². The number of benzene rings is 1. The summed E-state index contributed by atoms with van der Waals surface area (Å²) in [5.41, 5.74) is 2.03. The lowest BCUT2D eigenvalue weighted by molar-refractivity contribution is 0.122. The fourth-order valence-electron chi connectivity index (χ4n) is 2.79. The van der Waals surface area contributed by atoms with Gasteiger partial charge in [0.15, 0.2) is 0 Å². The molecule has 0 radical (unpaired) electrons. The first kappa shape index (κ1) is 18.7. The van der Waals surface area contributed by atoms with Gasteiger partial charge in [0.05, 0.1) is 30.0 Å². The number of hydrogen-bond donors (Lipinski definition) is 1. The second-order valence-electron chi connectivity index (χ2n) is 7.38. The first-order valence-electron chi connectivity index (χ1n) is 8.68. The van der Waals surface area contributed by atoms with Crippen molar-refractivity contribution in [2.75, 3.05) is 35.9 Å². The Hall–Kier alpha value is -2.12. The van der Waals surface area contributed by atoms with Gasteiger partial charge in [0.25, 0.3) is 10.0 Å². The van der Waals surface area contributed by atoms with E-state index in [1.54, 1.807) is 24.4 Å². The van der Waals surface area contributed by atoms with Crippen molar-refractivity contribution in [2.24, 2.45) is 0 Å². The van der Waals surface area contributed by atoms with Gasteiger partial charge in [0.2, 0.25) is 0 Å². The molecule has 1 aromatic carbocycles. The molecule has 1 fully saturated rings. The van der Waals surface area contributed by atoms with E-state index in [1.807, 2.05) is 18.2 Å². The molecular weight excluding hydrogens is 350 g/mol. The van der Waals surface area contributed by atoms with Crippen LogP contribution in [0.4, 0.5) is 11.5 Å². The summed E-state index contributed by atoms with van der Waals surface area (Å²) in [5.74, 6) is 0.307. The van der Waals surface area contributed by atoms with Crippen LogP contribution in [-0.4, -0.2) is 39.7 Å². The number of aromatic nitrogens is 1. The highest BCUT2D eigenvalue weighted by Crippen LogP contribution is 2.24. The predicted octanol–water partition coefficient (Wildman–Crippen LogP) is 3.02. The molecule has 0 aliphatic carbocycles. The molecule has 0 amide bonds. The summed E-state index contributed by atoms with van der Waals surface area (Å²) >= 11 is 0. The number of morpholine rings is 1. The van der Waals surface area contributed by atoms with E-state index in [4.69, 9.17) is 4.74 Å². The third kappa shape index (κ3) is 4.34. The van der Waals surface area contributed by atoms with Gasteiger partial charge in [0, 0.05) is 13.1 Å². The van der Waals surface area contributed by atoms with Crippen molar-refractivity contribution in [3.63, 3.8) is 0 Å². The zero-order chi connectivity index (χ0) is 18.8. The van der Waals surface area contributed by atoms with E-state index in [1.165, 1.54) is 0 Å². The van der Waals surface area contributed by atoms with Gasteiger partial charge in [0.1, 0.15) is 5.82 Å². The van der Waals surface area contributed by atoms with Crippen LogP contribution in [0.3, 0.4) is 0 Å². The first-order chi connectivity index (χ1) is 12.3.